The Morgan fingerprint density at radius 1 is 1.23 bits per heavy atom. The van der Waals surface area contributed by atoms with Crippen molar-refractivity contribution in [3.63, 3.8) is 0 Å². The van der Waals surface area contributed by atoms with Gasteiger partial charge in [0.25, 0.3) is 5.56 Å². The fraction of sp³-hybridized carbons (Fsp3) is 0.150. The van der Waals surface area contributed by atoms with Gasteiger partial charge in [-0.2, -0.15) is 5.10 Å². The normalized spacial score (nSPS) is 11.8. The topological polar surface area (TPSA) is 72.8 Å². The van der Waals surface area contributed by atoms with Crippen molar-refractivity contribution >= 4 is 22.6 Å². The van der Waals surface area contributed by atoms with Crippen LogP contribution in [0.2, 0.25) is 5.02 Å². The van der Waals surface area contributed by atoms with Gasteiger partial charge in [0.15, 0.2) is 5.65 Å². The second-order valence-electron chi connectivity index (χ2n) is 6.69. The van der Waals surface area contributed by atoms with Crippen LogP contribution in [0.4, 0.5) is 17.6 Å². The Kier molecular flexibility index (Phi) is 5.18. The minimum Gasteiger partial charge on any atom is -0.405 e. The quantitative estimate of drug-likeness (QED) is 0.456. The predicted octanol–water partition coefficient (Wildman–Crippen LogP) is 4.70. The van der Waals surface area contributed by atoms with E-state index in [1.54, 1.807) is 13.0 Å². The Morgan fingerprint density at radius 2 is 1.97 bits per heavy atom. The molecule has 0 fully saturated rings. The van der Waals surface area contributed by atoms with Crippen molar-refractivity contribution in [1.82, 2.24) is 19.7 Å². The molecule has 2 aromatic carbocycles. The number of alkyl halides is 3. The Bertz CT molecular complexity index is 1350. The van der Waals surface area contributed by atoms with Gasteiger partial charge in [-0.3, -0.25) is 4.79 Å². The molecule has 4 rings (SSSR count). The summed E-state index contributed by atoms with van der Waals surface area (Å²) in [5.41, 5.74) is 0.382. The lowest BCUT2D eigenvalue weighted by Crippen LogP contribution is -2.18. The zero-order chi connectivity index (χ0) is 22.3. The smallest absolute Gasteiger partial charge is 0.405 e. The Hall–Kier alpha value is -3.40. The number of aromatic nitrogens is 4. The first-order valence-corrected chi connectivity index (χ1v) is 9.27. The zero-order valence-electron chi connectivity index (χ0n) is 15.8. The first kappa shape index (κ1) is 20.9. The number of H-pyrrole nitrogens is 1. The summed E-state index contributed by atoms with van der Waals surface area (Å²) < 4.78 is 57.1. The number of aryl methyl sites for hydroxylation is 1. The molecule has 0 aliphatic carbocycles. The summed E-state index contributed by atoms with van der Waals surface area (Å²) >= 11 is 6.15. The number of rotatable bonds is 4. The maximum atomic E-state index is 13.8. The highest BCUT2D eigenvalue weighted by molar-refractivity contribution is 6.32. The third kappa shape index (κ3) is 4.24. The number of nitrogens with one attached hydrogen (secondary N) is 1. The highest BCUT2D eigenvalue weighted by Gasteiger charge is 2.32. The van der Waals surface area contributed by atoms with Crippen LogP contribution < -0.4 is 10.3 Å². The minimum absolute atomic E-state index is 0.0562. The van der Waals surface area contributed by atoms with Crippen LogP contribution in [0.5, 0.6) is 5.75 Å². The van der Waals surface area contributed by atoms with Crippen LogP contribution in [-0.4, -0.2) is 26.1 Å². The molecular weight excluding hydrogens is 440 g/mol. The number of benzene rings is 2. The van der Waals surface area contributed by atoms with Gasteiger partial charge in [-0.05, 0) is 30.7 Å². The molecule has 0 atom stereocenters. The van der Waals surface area contributed by atoms with Gasteiger partial charge in [-0.15, -0.1) is 13.2 Å². The van der Waals surface area contributed by atoms with E-state index in [0.717, 1.165) is 6.07 Å². The van der Waals surface area contributed by atoms with E-state index in [-0.39, 0.29) is 33.9 Å². The molecule has 0 saturated carbocycles. The first-order chi connectivity index (χ1) is 14.6. The van der Waals surface area contributed by atoms with E-state index in [1.165, 1.54) is 35.1 Å². The van der Waals surface area contributed by atoms with Crippen LogP contribution in [0.15, 0.2) is 47.4 Å². The number of ether oxygens (including phenoxy) is 1. The summed E-state index contributed by atoms with van der Waals surface area (Å²) in [6.07, 6.45) is -3.73. The van der Waals surface area contributed by atoms with Crippen LogP contribution in [0.3, 0.4) is 0 Å². The van der Waals surface area contributed by atoms with E-state index in [2.05, 4.69) is 19.8 Å². The number of halogens is 5. The molecular formula is C20H13ClF4N4O2. The van der Waals surface area contributed by atoms with E-state index in [0.29, 0.717) is 11.3 Å². The minimum atomic E-state index is -4.86. The molecule has 0 aliphatic rings. The standard InChI is InChI=1S/C20H13ClF4N4O2/c1-10-6-15(13(21)8-14(10)22)29-18-12(9-26-29)19(30)28-17(27-18)7-11-4-2-3-5-16(11)31-20(23,24)25/h2-6,8-9H,7H2,1H3,(H,27,28,30). The summed E-state index contributed by atoms with van der Waals surface area (Å²) in [4.78, 5) is 19.4. The number of fused-ring (bicyclic) bond motifs is 1. The molecule has 1 N–H and O–H groups in total. The molecule has 0 unspecified atom stereocenters. The molecule has 4 aromatic rings. The third-order valence-electron chi connectivity index (χ3n) is 4.50. The van der Waals surface area contributed by atoms with Gasteiger partial charge < -0.3 is 9.72 Å². The zero-order valence-corrected chi connectivity index (χ0v) is 16.6. The second-order valence-corrected chi connectivity index (χ2v) is 7.10. The highest BCUT2D eigenvalue weighted by Crippen LogP contribution is 2.28. The van der Waals surface area contributed by atoms with Crippen molar-refractivity contribution in [2.75, 3.05) is 0 Å². The van der Waals surface area contributed by atoms with Gasteiger partial charge >= 0.3 is 6.36 Å². The van der Waals surface area contributed by atoms with Gasteiger partial charge in [0, 0.05) is 12.0 Å². The van der Waals surface area contributed by atoms with Crippen LogP contribution >= 0.6 is 11.6 Å². The van der Waals surface area contributed by atoms with Crippen molar-refractivity contribution < 1.29 is 22.3 Å². The number of aromatic amines is 1. The third-order valence-corrected chi connectivity index (χ3v) is 4.80. The summed E-state index contributed by atoms with van der Waals surface area (Å²) in [6, 6.07) is 8.13. The molecule has 2 aromatic heterocycles. The predicted molar refractivity (Wildman–Crippen MR) is 105 cm³/mol. The van der Waals surface area contributed by atoms with Gasteiger partial charge in [-0.1, -0.05) is 29.8 Å². The molecule has 160 valence electrons. The largest absolute Gasteiger partial charge is 0.573 e. The van der Waals surface area contributed by atoms with E-state index in [1.807, 2.05) is 0 Å². The lowest BCUT2D eigenvalue weighted by atomic mass is 10.1. The first-order valence-electron chi connectivity index (χ1n) is 8.89. The summed E-state index contributed by atoms with van der Waals surface area (Å²) in [6.45, 7) is 1.55. The van der Waals surface area contributed by atoms with Crippen molar-refractivity contribution in [2.45, 2.75) is 19.7 Å². The lowest BCUT2D eigenvalue weighted by molar-refractivity contribution is -0.274. The molecule has 0 saturated heterocycles. The number of para-hydroxylation sites is 1. The maximum Gasteiger partial charge on any atom is 0.573 e. The summed E-state index contributed by atoms with van der Waals surface area (Å²) in [5, 5.41) is 4.32. The van der Waals surface area contributed by atoms with Crippen molar-refractivity contribution in [3.8, 4) is 11.4 Å². The number of hydrogen-bond donors (Lipinski definition) is 1. The molecule has 0 spiro atoms. The van der Waals surface area contributed by atoms with Crippen molar-refractivity contribution in [1.29, 1.82) is 0 Å². The Morgan fingerprint density at radius 3 is 2.71 bits per heavy atom. The average Bonchev–Trinajstić information content (AvgIpc) is 3.09. The molecule has 6 nitrogen and oxygen atoms in total. The van der Waals surface area contributed by atoms with Crippen molar-refractivity contribution in [2.24, 2.45) is 0 Å². The molecule has 2 heterocycles. The van der Waals surface area contributed by atoms with Crippen LogP contribution in [-0.2, 0) is 6.42 Å². The van der Waals surface area contributed by atoms with E-state index >= 15 is 0 Å². The molecule has 0 bridgehead atoms. The highest BCUT2D eigenvalue weighted by atomic mass is 35.5. The second kappa shape index (κ2) is 7.69. The lowest BCUT2D eigenvalue weighted by Gasteiger charge is -2.13. The monoisotopic (exact) mass is 452 g/mol. The maximum absolute atomic E-state index is 13.8. The summed E-state index contributed by atoms with van der Waals surface area (Å²) in [7, 11) is 0. The Balaban J connectivity index is 1.80. The van der Waals surface area contributed by atoms with Crippen molar-refractivity contribution in [3.05, 3.63) is 80.7 Å². The molecule has 11 heteroatoms. The fourth-order valence-electron chi connectivity index (χ4n) is 3.08. The van der Waals surface area contributed by atoms with Crippen LogP contribution in [0.25, 0.3) is 16.7 Å². The van der Waals surface area contributed by atoms with Gasteiger partial charge in [0.05, 0.1) is 16.9 Å². The van der Waals surface area contributed by atoms with E-state index < -0.39 is 23.5 Å². The van der Waals surface area contributed by atoms with Gasteiger partial charge in [0.1, 0.15) is 22.8 Å². The summed E-state index contributed by atoms with van der Waals surface area (Å²) in [5.74, 6) is -0.811. The molecule has 31 heavy (non-hydrogen) atoms. The number of nitrogens with zero attached hydrogens (tertiary/aromatic N) is 3. The fourth-order valence-corrected chi connectivity index (χ4v) is 3.31. The average molecular weight is 453 g/mol. The van der Waals surface area contributed by atoms with E-state index in [4.69, 9.17) is 11.6 Å². The number of hydrogen-bond acceptors (Lipinski definition) is 4. The SMILES string of the molecule is Cc1cc(-n2ncc3c(=O)[nH]c(Cc4ccccc4OC(F)(F)F)nc32)c(Cl)cc1F. The van der Waals surface area contributed by atoms with Gasteiger partial charge in [0.2, 0.25) is 0 Å². The van der Waals surface area contributed by atoms with E-state index in [9.17, 15) is 22.4 Å². The Labute approximate surface area is 177 Å². The molecule has 0 aliphatic heterocycles. The molecule has 0 radical (unpaired) electrons. The molecule has 0 amide bonds. The van der Waals surface area contributed by atoms with Gasteiger partial charge in [-0.25, -0.2) is 14.1 Å². The van der Waals surface area contributed by atoms with Crippen LogP contribution in [0.1, 0.15) is 17.0 Å². The van der Waals surface area contributed by atoms with Crippen LogP contribution in [0, 0.1) is 12.7 Å².